The van der Waals surface area contributed by atoms with Crippen molar-refractivity contribution in [1.82, 2.24) is 9.62 Å². The van der Waals surface area contributed by atoms with Crippen LogP contribution in [0.2, 0.25) is 0 Å². The third kappa shape index (κ3) is 4.44. The number of sulfonamides is 1. The first-order valence-corrected chi connectivity index (χ1v) is 10.1. The molecule has 0 radical (unpaired) electrons. The van der Waals surface area contributed by atoms with Crippen LogP contribution in [0.15, 0.2) is 14.5 Å². The molecular weight excluding hydrogens is 362 g/mol. The molecule has 1 aliphatic heterocycles. The van der Waals surface area contributed by atoms with Gasteiger partial charge in [-0.25, -0.2) is 8.42 Å². The van der Waals surface area contributed by atoms with Crippen LogP contribution in [0, 0.1) is 0 Å². The Bertz CT molecular complexity index is 607. The zero-order chi connectivity index (χ0) is 16.9. The normalized spacial score (nSPS) is 20.6. The molecule has 1 aromatic rings. The highest BCUT2D eigenvalue weighted by Crippen LogP contribution is 2.42. The van der Waals surface area contributed by atoms with Crippen molar-refractivity contribution in [1.29, 1.82) is 0 Å². The van der Waals surface area contributed by atoms with Gasteiger partial charge in [0.2, 0.25) is 0 Å². The SMILES string of the molecule is CCN[C@H]1CN(CCCOC)S(=O)(=O)c2sc(SOON)cc21. The van der Waals surface area contributed by atoms with E-state index in [-0.39, 0.29) is 6.04 Å². The Morgan fingerprint density at radius 2 is 2.35 bits per heavy atom. The molecule has 11 heteroatoms. The number of ether oxygens (including phenoxy) is 1. The Labute approximate surface area is 144 Å². The minimum absolute atomic E-state index is 0.0505. The van der Waals surface area contributed by atoms with E-state index >= 15 is 0 Å². The van der Waals surface area contributed by atoms with Crippen LogP contribution in [-0.4, -0.2) is 46.1 Å². The second kappa shape index (κ2) is 8.74. The van der Waals surface area contributed by atoms with E-state index in [1.807, 2.05) is 6.92 Å². The average Bonchev–Trinajstić information content (AvgIpc) is 2.95. The fraction of sp³-hybridized carbons (Fsp3) is 0.667. The molecule has 0 unspecified atom stereocenters. The lowest BCUT2D eigenvalue weighted by molar-refractivity contribution is -0.195. The molecule has 0 fully saturated rings. The van der Waals surface area contributed by atoms with Gasteiger partial charge in [0.25, 0.3) is 10.0 Å². The van der Waals surface area contributed by atoms with Crippen molar-refractivity contribution in [2.45, 2.75) is 27.8 Å². The van der Waals surface area contributed by atoms with Crippen LogP contribution in [0.1, 0.15) is 24.9 Å². The van der Waals surface area contributed by atoms with Crippen LogP contribution in [0.5, 0.6) is 0 Å². The highest BCUT2D eigenvalue weighted by atomic mass is 32.3. The molecule has 2 heterocycles. The van der Waals surface area contributed by atoms with Crippen molar-refractivity contribution in [3.8, 4) is 0 Å². The summed E-state index contributed by atoms with van der Waals surface area (Å²) in [5, 5.41) is 3.33. The van der Waals surface area contributed by atoms with Crippen molar-refractivity contribution in [3.05, 3.63) is 11.6 Å². The first kappa shape index (κ1) is 19.1. The summed E-state index contributed by atoms with van der Waals surface area (Å²) in [4.78, 5) is 4.07. The lowest BCUT2D eigenvalue weighted by Gasteiger charge is -2.32. The first-order chi connectivity index (χ1) is 11.0. The van der Waals surface area contributed by atoms with Gasteiger partial charge >= 0.3 is 0 Å². The number of methoxy groups -OCH3 is 1. The summed E-state index contributed by atoms with van der Waals surface area (Å²) >= 11 is 2.05. The van der Waals surface area contributed by atoms with E-state index in [0.717, 1.165) is 35.5 Å². The molecule has 8 nitrogen and oxygen atoms in total. The number of thiophene rings is 1. The van der Waals surface area contributed by atoms with Gasteiger partial charge in [-0.3, -0.25) is 0 Å². The molecule has 0 saturated heterocycles. The molecule has 0 aliphatic carbocycles. The minimum atomic E-state index is -3.50. The monoisotopic (exact) mass is 383 g/mol. The fourth-order valence-corrected chi connectivity index (χ4v) is 6.49. The molecule has 2 rings (SSSR count). The maximum atomic E-state index is 12.8. The lowest BCUT2D eigenvalue weighted by Crippen LogP contribution is -2.43. The van der Waals surface area contributed by atoms with Crippen LogP contribution in [0.25, 0.3) is 0 Å². The van der Waals surface area contributed by atoms with E-state index in [2.05, 4.69) is 14.6 Å². The van der Waals surface area contributed by atoms with Crippen molar-refractivity contribution in [2.24, 2.45) is 5.90 Å². The molecule has 1 aliphatic rings. The van der Waals surface area contributed by atoms with E-state index in [4.69, 9.17) is 10.6 Å². The lowest BCUT2D eigenvalue weighted by atomic mass is 10.1. The second-order valence-corrected chi connectivity index (χ2v) is 9.06. The van der Waals surface area contributed by atoms with E-state index in [1.165, 1.54) is 4.31 Å². The Kier molecular flexibility index (Phi) is 7.25. The van der Waals surface area contributed by atoms with Gasteiger partial charge in [0.1, 0.15) is 4.21 Å². The smallest absolute Gasteiger partial charge is 0.252 e. The Morgan fingerprint density at radius 3 is 3.00 bits per heavy atom. The minimum Gasteiger partial charge on any atom is -0.385 e. The molecule has 0 spiro atoms. The molecular formula is C12H21N3O5S3. The van der Waals surface area contributed by atoms with E-state index < -0.39 is 10.0 Å². The van der Waals surface area contributed by atoms with Gasteiger partial charge < -0.3 is 10.1 Å². The number of nitrogens with two attached hydrogens (primary N) is 1. The van der Waals surface area contributed by atoms with Gasteiger partial charge in [-0.05, 0) is 19.0 Å². The molecule has 0 amide bonds. The van der Waals surface area contributed by atoms with Crippen molar-refractivity contribution >= 4 is 33.4 Å². The van der Waals surface area contributed by atoms with Crippen LogP contribution >= 0.6 is 23.4 Å². The topological polar surface area (TPSA) is 103 Å². The zero-order valence-corrected chi connectivity index (χ0v) is 15.4. The maximum absolute atomic E-state index is 12.8. The highest BCUT2D eigenvalue weighted by Gasteiger charge is 2.38. The van der Waals surface area contributed by atoms with Gasteiger partial charge in [0, 0.05) is 38.4 Å². The summed E-state index contributed by atoms with van der Waals surface area (Å²) in [6.07, 6.45) is 0.654. The van der Waals surface area contributed by atoms with Crippen LogP contribution in [0.3, 0.4) is 0 Å². The zero-order valence-electron chi connectivity index (χ0n) is 13.0. The van der Waals surface area contributed by atoms with Gasteiger partial charge in [-0.1, -0.05) is 6.92 Å². The van der Waals surface area contributed by atoms with Gasteiger partial charge in [-0.15, -0.1) is 20.7 Å². The number of fused-ring (bicyclic) bond motifs is 1. The summed E-state index contributed by atoms with van der Waals surface area (Å²) in [5.41, 5.74) is 0.767. The molecule has 23 heavy (non-hydrogen) atoms. The summed E-state index contributed by atoms with van der Waals surface area (Å²) in [7, 11) is -1.90. The third-order valence-electron chi connectivity index (χ3n) is 3.40. The number of hydrogen-bond donors (Lipinski definition) is 2. The molecule has 1 atom stereocenters. The Balaban J connectivity index is 2.28. The number of hydrogen-bond acceptors (Lipinski definition) is 9. The first-order valence-electron chi connectivity index (χ1n) is 7.10. The molecule has 0 aromatic carbocycles. The van der Waals surface area contributed by atoms with Crippen molar-refractivity contribution in [3.63, 3.8) is 0 Å². The largest absolute Gasteiger partial charge is 0.385 e. The summed E-state index contributed by atoms with van der Waals surface area (Å²) in [6, 6.07) is 1.76. The van der Waals surface area contributed by atoms with E-state index in [1.54, 1.807) is 13.2 Å². The van der Waals surface area contributed by atoms with E-state index in [9.17, 15) is 8.42 Å². The quantitative estimate of drug-likeness (QED) is 0.284. The van der Waals surface area contributed by atoms with Crippen LogP contribution in [-0.2, 0) is 24.1 Å². The van der Waals surface area contributed by atoms with Crippen LogP contribution < -0.4 is 11.2 Å². The van der Waals surface area contributed by atoms with Crippen molar-refractivity contribution in [2.75, 3.05) is 33.4 Å². The van der Waals surface area contributed by atoms with Gasteiger partial charge in [-0.2, -0.15) is 10.2 Å². The molecule has 3 N–H and O–H groups in total. The summed E-state index contributed by atoms with van der Waals surface area (Å²) < 4.78 is 37.8. The van der Waals surface area contributed by atoms with Crippen LogP contribution in [0.4, 0.5) is 0 Å². The summed E-state index contributed by atoms with van der Waals surface area (Å²) in [6.45, 7) is 4.10. The van der Waals surface area contributed by atoms with Gasteiger partial charge in [0.05, 0.1) is 16.3 Å². The summed E-state index contributed by atoms with van der Waals surface area (Å²) in [5.74, 6) is 4.83. The number of rotatable bonds is 9. The predicted molar refractivity (Wildman–Crippen MR) is 88.2 cm³/mol. The number of nitrogens with zero attached hydrogens (tertiary/aromatic N) is 1. The fourth-order valence-electron chi connectivity index (χ4n) is 2.44. The highest BCUT2D eigenvalue weighted by molar-refractivity contribution is 7.97. The Hall–Kier alpha value is -0.240. The maximum Gasteiger partial charge on any atom is 0.252 e. The third-order valence-corrected chi connectivity index (χ3v) is 7.62. The predicted octanol–water partition coefficient (Wildman–Crippen LogP) is 1.27. The second-order valence-electron chi connectivity index (χ2n) is 4.88. The number of likely N-dealkylation sites (N-methyl/N-ethyl adjacent to an activating group) is 1. The molecule has 132 valence electrons. The Morgan fingerprint density at radius 1 is 1.57 bits per heavy atom. The van der Waals surface area contributed by atoms with Gasteiger partial charge in [0.15, 0.2) is 0 Å². The standard InChI is InChI=1S/C12H21N3O5S3/c1-3-14-10-8-15(5-4-6-18-2)23(16,17)12-9(10)7-11(21-12)22-20-19-13/h7,10,14H,3-6,8,13H2,1-2H3/t10-/m0/s1. The van der Waals surface area contributed by atoms with Crippen molar-refractivity contribution < 1.29 is 22.5 Å². The number of nitrogens with one attached hydrogen (secondary N) is 1. The average molecular weight is 384 g/mol. The van der Waals surface area contributed by atoms with E-state index in [0.29, 0.717) is 34.5 Å². The molecule has 0 saturated carbocycles. The molecule has 0 bridgehead atoms. The molecule has 1 aromatic heterocycles.